The molecule has 0 unspecified atom stereocenters. The summed E-state index contributed by atoms with van der Waals surface area (Å²) in [6, 6.07) is 3.39. The zero-order chi connectivity index (χ0) is 12.4. The van der Waals surface area contributed by atoms with Crippen LogP contribution >= 0.6 is 22.7 Å². The van der Waals surface area contributed by atoms with Crippen LogP contribution in [-0.4, -0.2) is 17.0 Å². The lowest BCUT2D eigenvalue weighted by Gasteiger charge is -1.98. The second kappa shape index (κ2) is 4.68. The number of hydrogen-bond donors (Lipinski definition) is 2. The van der Waals surface area contributed by atoms with Crippen molar-refractivity contribution in [3.63, 3.8) is 0 Å². The van der Waals surface area contributed by atoms with Gasteiger partial charge >= 0.3 is 5.97 Å². The first-order valence-electron chi connectivity index (χ1n) is 4.75. The van der Waals surface area contributed by atoms with Gasteiger partial charge in [0.05, 0.1) is 10.6 Å². The minimum atomic E-state index is -0.969. The average molecular weight is 267 g/mol. The summed E-state index contributed by atoms with van der Waals surface area (Å²) in [4.78, 5) is 22.8. The number of nitrogens with one attached hydrogen (secondary N) is 1. The maximum absolute atomic E-state index is 11.7. The molecule has 0 aliphatic heterocycles. The molecular weight excluding hydrogens is 258 g/mol. The first-order chi connectivity index (χ1) is 8.08. The third-order valence-electron chi connectivity index (χ3n) is 2.13. The van der Waals surface area contributed by atoms with Gasteiger partial charge in [0, 0.05) is 5.38 Å². The molecule has 0 atom stereocenters. The van der Waals surface area contributed by atoms with Gasteiger partial charge in [-0.15, -0.1) is 11.3 Å². The van der Waals surface area contributed by atoms with Gasteiger partial charge in [0.25, 0.3) is 5.91 Å². The predicted octanol–water partition coefficient (Wildman–Crippen LogP) is 3.07. The summed E-state index contributed by atoms with van der Waals surface area (Å²) in [7, 11) is 0. The number of thiophene rings is 2. The molecule has 0 fully saturated rings. The van der Waals surface area contributed by atoms with Crippen LogP contribution in [0.3, 0.4) is 0 Å². The van der Waals surface area contributed by atoms with E-state index in [1.165, 1.54) is 11.3 Å². The van der Waals surface area contributed by atoms with Crippen molar-refractivity contribution in [1.82, 2.24) is 0 Å². The Balaban J connectivity index is 2.17. The molecule has 0 saturated heterocycles. The van der Waals surface area contributed by atoms with Gasteiger partial charge in [-0.05, 0) is 30.0 Å². The Morgan fingerprint density at radius 3 is 2.71 bits per heavy atom. The van der Waals surface area contributed by atoms with Gasteiger partial charge in [-0.25, -0.2) is 4.79 Å². The molecule has 0 radical (unpaired) electrons. The third-order valence-corrected chi connectivity index (χ3v) is 3.96. The van der Waals surface area contributed by atoms with Crippen LogP contribution in [0.1, 0.15) is 25.6 Å². The van der Waals surface area contributed by atoms with Crippen molar-refractivity contribution in [3.05, 3.63) is 38.9 Å². The Bertz CT molecular complexity index is 557. The van der Waals surface area contributed by atoms with Crippen molar-refractivity contribution in [2.75, 3.05) is 5.32 Å². The fraction of sp³-hybridized carbons (Fsp3) is 0.0909. The lowest BCUT2D eigenvalue weighted by atomic mass is 10.3. The highest BCUT2D eigenvalue weighted by Crippen LogP contribution is 2.27. The molecule has 0 bridgehead atoms. The van der Waals surface area contributed by atoms with Gasteiger partial charge in [-0.1, -0.05) is 0 Å². The quantitative estimate of drug-likeness (QED) is 0.898. The van der Waals surface area contributed by atoms with Gasteiger partial charge in [0.15, 0.2) is 0 Å². The molecular formula is C11H9NO3S2. The Morgan fingerprint density at radius 1 is 1.41 bits per heavy atom. The summed E-state index contributed by atoms with van der Waals surface area (Å²) in [5, 5.41) is 15.7. The molecule has 0 saturated carbocycles. The summed E-state index contributed by atoms with van der Waals surface area (Å²) >= 11 is 2.51. The molecule has 0 aliphatic rings. The summed E-state index contributed by atoms with van der Waals surface area (Å²) in [5.41, 5.74) is 1.24. The van der Waals surface area contributed by atoms with Crippen molar-refractivity contribution in [3.8, 4) is 0 Å². The molecule has 17 heavy (non-hydrogen) atoms. The van der Waals surface area contributed by atoms with E-state index in [9.17, 15) is 9.59 Å². The van der Waals surface area contributed by atoms with Crippen molar-refractivity contribution >= 4 is 39.6 Å². The smallest absolute Gasteiger partial charge is 0.346 e. The molecule has 4 nitrogen and oxygen atoms in total. The fourth-order valence-corrected chi connectivity index (χ4v) is 2.88. The summed E-state index contributed by atoms with van der Waals surface area (Å²) in [6.45, 7) is 1.71. The van der Waals surface area contributed by atoms with Crippen LogP contribution in [0.25, 0.3) is 0 Å². The van der Waals surface area contributed by atoms with Gasteiger partial charge in [-0.3, -0.25) is 4.79 Å². The van der Waals surface area contributed by atoms with E-state index in [4.69, 9.17) is 5.11 Å². The predicted molar refractivity (Wildman–Crippen MR) is 68.3 cm³/mol. The second-order valence-corrected chi connectivity index (χ2v) is 5.23. The molecule has 0 aromatic carbocycles. The molecule has 2 heterocycles. The SMILES string of the molecule is Cc1cc(NC(=O)c2ccsc2)sc1C(=O)O. The molecule has 6 heteroatoms. The first kappa shape index (κ1) is 11.8. The van der Waals surface area contributed by atoms with E-state index in [1.54, 1.807) is 24.4 Å². The molecule has 1 amide bonds. The summed E-state index contributed by atoms with van der Waals surface area (Å²) in [5.74, 6) is -1.19. The van der Waals surface area contributed by atoms with Crippen LogP contribution < -0.4 is 5.32 Å². The van der Waals surface area contributed by atoms with Crippen LogP contribution in [0.15, 0.2) is 22.9 Å². The number of carboxylic acid groups (broad SMARTS) is 1. The van der Waals surface area contributed by atoms with Crippen molar-refractivity contribution in [2.45, 2.75) is 6.92 Å². The van der Waals surface area contributed by atoms with E-state index in [0.717, 1.165) is 11.3 Å². The first-order valence-corrected chi connectivity index (χ1v) is 6.51. The van der Waals surface area contributed by atoms with Gasteiger partial charge in [0.2, 0.25) is 0 Å². The monoisotopic (exact) mass is 267 g/mol. The molecule has 88 valence electrons. The van der Waals surface area contributed by atoms with E-state index in [1.807, 2.05) is 5.38 Å². The molecule has 0 spiro atoms. The van der Waals surface area contributed by atoms with E-state index in [0.29, 0.717) is 16.1 Å². The number of rotatable bonds is 3. The zero-order valence-corrected chi connectivity index (χ0v) is 10.5. The second-order valence-electron chi connectivity index (χ2n) is 3.39. The topological polar surface area (TPSA) is 66.4 Å². The number of hydrogen-bond acceptors (Lipinski definition) is 4. The number of aromatic carboxylic acids is 1. The highest BCUT2D eigenvalue weighted by atomic mass is 32.1. The molecule has 2 aromatic heterocycles. The van der Waals surface area contributed by atoms with Gasteiger partial charge < -0.3 is 10.4 Å². The Labute approximate surface area is 106 Å². The Kier molecular flexibility index (Phi) is 3.26. The van der Waals surface area contributed by atoms with E-state index < -0.39 is 5.97 Å². The fourth-order valence-electron chi connectivity index (χ4n) is 1.33. The zero-order valence-electron chi connectivity index (χ0n) is 8.89. The number of amides is 1. The highest BCUT2D eigenvalue weighted by molar-refractivity contribution is 7.18. The van der Waals surface area contributed by atoms with Crippen molar-refractivity contribution in [2.24, 2.45) is 0 Å². The maximum atomic E-state index is 11.7. The Hall–Kier alpha value is -1.66. The standard InChI is InChI=1S/C11H9NO3S2/c1-6-4-8(17-9(6)11(14)15)12-10(13)7-2-3-16-5-7/h2-5H,1H3,(H,12,13)(H,14,15). The number of anilines is 1. The highest BCUT2D eigenvalue weighted by Gasteiger charge is 2.14. The Morgan fingerprint density at radius 2 is 2.18 bits per heavy atom. The van der Waals surface area contributed by atoms with E-state index in [-0.39, 0.29) is 10.8 Å². The lowest BCUT2D eigenvalue weighted by molar-refractivity contribution is 0.0701. The van der Waals surface area contributed by atoms with Gasteiger partial charge in [0.1, 0.15) is 4.88 Å². The van der Waals surface area contributed by atoms with Gasteiger partial charge in [-0.2, -0.15) is 11.3 Å². The van der Waals surface area contributed by atoms with E-state index in [2.05, 4.69) is 5.32 Å². The number of carbonyl (C=O) groups excluding carboxylic acids is 1. The normalized spacial score (nSPS) is 10.2. The van der Waals surface area contributed by atoms with Crippen LogP contribution in [0.2, 0.25) is 0 Å². The van der Waals surface area contributed by atoms with Crippen LogP contribution in [0, 0.1) is 6.92 Å². The number of carboxylic acids is 1. The minimum absolute atomic E-state index is 0.218. The van der Waals surface area contributed by atoms with Crippen molar-refractivity contribution < 1.29 is 14.7 Å². The summed E-state index contributed by atoms with van der Waals surface area (Å²) in [6.07, 6.45) is 0. The summed E-state index contributed by atoms with van der Waals surface area (Å²) < 4.78 is 0. The molecule has 2 rings (SSSR count). The largest absolute Gasteiger partial charge is 0.477 e. The number of aryl methyl sites for hydroxylation is 1. The van der Waals surface area contributed by atoms with E-state index >= 15 is 0 Å². The third kappa shape index (κ3) is 2.54. The van der Waals surface area contributed by atoms with Crippen molar-refractivity contribution in [1.29, 1.82) is 0 Å². The lowest BCUT2D eigenvalue weighted by Crippen LogP contribution is -2.09. The number of carbonyl (C=O) groups is 2. The van der Waals surface area contributed by atoms with Crippen LogP contribution in [0.4, 0.5) is 5.00 Å². The van der Waals surface area contributed by atoms with Crippen LogP contribution in [0.5, 0.6) is 0 Å². The maximum Gasteiger partial charge on any atom is 0.346 e. The molecule has 2 aromatic rings. The average Bonchev–Trinajstić information content (AvgIpc) is 2.86. The molecule has 2 N–H and O–H groups in total. The molecule has 0 aliphatic carbocycles. The minimum Gasteiger partial charge on any atom is -0.477 e. The van der Waals surface area contributed by atoms with Crippen LogP contribution in [-0.2, 0) is 0 Å².